The van der Waals surface area contributed by atoms with Gasteiger partial charge in [0, 0.05) is 37.5 Å². The molecule has 0 spiro atoms. The van der Waals surface area contributed by atoms with Crippen LogP contribution in [-0.4, -0.2) is 59.1 Å². The number of anilines is 1. The minimum atomic E-state index is -0.768. The van der Waals surface area contributed by atoms with Crippen LogP contribution in [0.15, 0.2) is 24.3 Å². The first-order valence-electron chi connectivity index (χ1n) is 14.9. The smallest absolute Gasteiger partial charge is 0.312 e. The van der Waals surface area contributed by atoms with Gasteiger partial charge in [0.25, 0.3) is 0 Å². The number of urea groups is 1. The summed E-state index contributed by atoms with van der Waals surface area (Å²) >= 11 is 1.98. The summed E-state index contributed by atoms with van der Waals surface area (Å²) < 4.78 is 5.71. The average molecular weight is 730 g/mol. The van der Waals surface area contributed by atoms with Gasteiger partial charge in [-0.05, 0) is 70.1 Å². The lowest BCUT2D eigenvalue weighted by Crippen LogP contribution is -2.45. The van der Waals surface area contributed by atoms with Crippen LogP contribution >= 0.6 is 22.6 Å². The highest BCUT2D eigenvalue weighted by Crippen LogP contribution is 2.20. The number of esters is 1. The summed E-state index contributed by atoms with van der Waals surface area (Å²) in [4.78, 5) is 73.7. The number of primary amides is 1. The number of alkyl halides is 1. The zero-order valence-electron chi connectivity index (χ0n) is 26.4. The number of ketones is 1. The van der Waals surface area contributed by atoms with E-state index in [4.69, 9.17) is 10.5 Å². The van der Waals surface area contributed by atoms with E-state index in [1.165, 1.54) is 0 Å². The highest BCUT2D eigenvalue weighted by Gasteiger charge is 2.29. The van der Waals surface area contributed by atoms with Gasteiger partial charge in [-0.25, -0.2) is 4.79 Å². The largest absolute Gasteiger partial charge is 0.460 e. The van der Waals surface area contributed by atoms with Gasteiger partial charge in [0.2, 0.25) is 17.7 Å². The second kappa shape index (κ2) is 19.9. The van der Waals surface area contributed by atoms with Gasteiger partial charge >= 0.3 is 12.0 Å². The minimum Gasteiger partial charge on any atom is -0.460 e. The molecule has 44 heavy (non-hydrogen) atoms. The predicted octanol–water partition coefficient (Wildman–Crippen LogP) is 3.60. The number of Topliss-reactive ketones (excluding diaryl/α,β-unsaturated/α-hetero) is 1. The fraction of sp³-hybridized carbons (Fsp3) is 0.613. The molecular weight excluding hydrogens is 681 g/mol. The molecule has 1 aromatic carbocycles. The molecule has 0 saturated carbocycles. The Kier molecular flexibility index (Phi) is 17.6. The fourth-order valence-electron chi connectivity index (χ4n) is 4.10. The molecule has 0 aliphatic carbocycles. The molecule has 0 saturated heterocycles. The van der Waals surface area contributed by atoms with Crippen LogP contribution in [0.3, 0.4) is 0 Å². The lowest BCUT2D eigenvalue weighted by molar-refractivity contribution is -0.154. The fourth-order valence-corrected chi connectivity index (χ4v) is 4.37. The van der Waals surface area contributed by atoms with Gasteiger partial charge in [-0.1, -0.05) is 48.6 Å². The zero-order valence-corrected chi connectivity index (χ0v) is 28.6. The monoisotopic (exact) mass is 729 g/mol. The van der Waals surface area contributed by atoms with Gasteiger partial charge in [-0.15, -0.1) is 0 Å². The van der Waals surface area contributed by atoms with Crippen LogP contribution in [0.4, 0.5) is 10.5 Å². The third-order valence-electron chi connectivity index (χ3n) is 6.65. The van der Waals surface area contributed by atoms with Crippen LogP contribution in [0, 0.1) is 17.3 Å². The van der Waals surface area contributed by atoms with Crippen molar-refractivity contribution < 1.29 is 33.5 Å². The molecular formula is C31H48IN5O7. The van der Waals surface area contributed by atoms with E-state index in [1.54, 1.807) is 45.0 Å². The maximum atomic E-state index is 13.4. The molecule has 1 rings (SSSR count). The Bertz CT molecular complexity index is 1120. The summed E-state index contributed by atoms with van der Waals surface area (Å²) in [5, 5.41) is 10.9. The molecule has 0 aliphatic heterocycles. The Hall–Kier alpha value is -3.23. The van der Waals surface area contributed by atoms with E-state index in [-0.39, 0.29) is 61.4 Å². The number of unbranched alkanes of at least 4 members (excludes halogenated alkanes) is 1. The lowest BCUT2D eigenvalue weighted by Gasteiger charge is -2.24. The number of hydrogen-bond acceptors (Lipinski definition) is 7. The highest BCUT2D eigenvalue weighted by atomic mass is 127. The lowest BCUT2D eigenvalue weighted by atomic mass is 9.89. The zero-order chi connectivity index (χ0) is 33.3. The molecule has 0 fully saturated rings. The second-order valence-electron chi connectivity index (χ2n) is 12.0. The van der Waals surface area contributed by atoms with E-state index in [2.05, 4.69) is 21.3 Å². The maximum absolute atomic E-state index is 13.4. The number of nitrogens with one attached hydrogen (secondary N) is 4. The first kappa shape index (κ1) is 38.8. The number of ether oxygens (including phenoxy) is 1. The summed E-state index contributed by atoms with van der Waals surface area (Å²) in [7, 11) is 0. The molecule has 5 amide bonds. The van der Waals surface area contributed by atoms with Gasteiger partial charge in [0.1, 0.15) is 6.61 Å². The van der Waals surface area contributed by atoms with Crippen molar-refractivity contribution in [3.05, 3.63) is 29.8 Å². The van der Waals surface area contributed by atoms with Crippen LogP contribution in [0.2, 0.25) is 0 Å². The first-order valence-corrected chi connectivity index (χ1v) is 16.4. The molecule has 0 bridgehead atoms. The molecule has 12 nitrogen and oxygen atoms in total. The Morgan fingerprint density at radius 1 is 0.909 bits per heavy atom. The second-order valence-corrected chi connectivity index (χ2v) is 12.8. The number of amides is 5. The molecule has 0 aliphatic rings. The summed E-state index contributed by atoms with van der Waals surface area (Å²) in [6.45, 7) is 9.81. The van der Waals surface area contributed by atoms with Crippen LogP contribution < -0.4 is 27.0 Å². The van der Waals surface area contributed by atoms with E-state index in [1.807, 2.05) is 36.4 Å². The summed E-state index contributed by atoms with van der Waals surface area (Å²) in [5.74, 6) is -2.19. The van der Waals surface area contributed by atoms with E-state index >= 15 is 0 Å². The molecule has 13 heteroatoms. The van der Waals surface area contributed by atoms with Gasteiger partial charge in [-0.3, -0.25) is 24.0 Å². The first-order chi connectivity index (χ1) is 20.6. The number of nitrogens with two attached hydrogens (primary N) is 1. The highest BCUT2D eigenvalue weighted by molar-refractivity contribution is 14.1. The standard InChI is InChI=1S/C31H48IN5O7/c1-20(2)27(37-25(39)10-6-7-15-34-26(40)18-32)24(38)17-22(9-8-16-35-30(33)43)28(41)36-23-13-11-21(12-14-23)19-44-29(42)31(3,4)5/h11-14,20,22,27H,6-10,15-19H2,1-5H3,(H,34,40)(H,36,41)(H,37,39)(H3,33,35,43)/t22-,27?/m1/s1. The van der Waals surface area contributed by atoms with Crippen LogP contribution in [0.1, 0.15) is 78.7 Å². The summed E-state index contributed by atoms with van der Waals surface area (Å²) in [6.07, 6.45) is 2.03. The van der Waals surface area contributed by atoms with Gasteiger partial charge in [0.15, 0.2) is 5.78 Å². The van der Waals surface area contributed by atoms with Gasteiger partial charge in [-0.2, -0.15) is 0 Å². The minimum absolute atomic E-state index is 0.0552. The normalized spacial score (nSPS) is 12.5. The number of carbonyl (C=O) groups is 6. The molecule has 246 valence electrons. The van der Waals surface area contributed by atoms with Crippen molar-refractivity contribution in [1.29, 1.82) is 0 Å². The Labute approximate surface area is 273 Å². The molecule has 2 atom stereocenters. The van der Waals surface area contributed by atoms with E-state index < -0.39 is 23.4 Å². The topological polar surface area (TPSA) is 186 Å². The van der Waals surface area contributed by atoms with Crippen molar-refractivity contribution >= 4 is 63.8 Å². The number of hydrogen-bond donors (Lipinski definition) is 5. The average Bonchev–Trinajstić information content (AvgIpc) is 2.95. The number of benzene rings is 1. The van der Waals surface area contributed by atoms with Crippen LogP contribution in [-0.2, 0) is 35.3 Å². The molecule has 0 heterocycles. The third kappa shape index (κ3) is 16.0. The summed E-state index contributed by atoms with van der Waals surface area (Å²) in [6, 6.07) is 5.42. The Morgan fingerprint density at radius 2 is 1.55 bits per heavy atom. The number of rotatable bonds is 19. The van der Waals surface area contributed by atoms with E-state index in [0.29, 0.717) is 42.3 Å². The Morgan fingerprint density at radius 3 is 2.11 bits per heavy atom. The van der Waals surface area contributed by atoms with Crippen molar-refractivity contribution in [3.8, 4) is 0 Å². The number of halogens is 1. The van der Waals surface area contributed by atoms with Crippen molar-refractivity contribution in [3.63, 3.8) is 0 Å². The quantitative estimate of drug-likeness (QED) is 0.0623. The number of carbonyl (C=O) groups excluding carboxylic acids is 6. The van der Waals surface area contributed by atoms with E-state index in [9.17, 15) is 28.8 Å². The summed E-state index contributed by atoms with van der Waals surface area (Å²) in [5.41, 5.74) is 5.80. The van der Waals surface area contributed by atoms with Crippen molar-refractivity contribution in [2.24, 2.45) is 23.0 Å². The molecule has 1 aromatic rings. The molecule has 1 unspecified atom stereocenters. The van der Waals surface area contributed by atoms with Gasteiger partial charge < -0.3 is 31.7 Å². The third-order valence-corrected chi connectivity index (χ3v) is 7.35. The van der Waals surface area contributed by atoms with E-state index in [0.717, 1.165) is 5.56 Å². The van der Waals surface area contributed by atoms with Crippen LogP contribution in [0.5, 0.6) is 0 Å². The maximum Gasteiger partial charge on any atom is 0.312 e. The van der Waals surface area contributed by atoms with Crippen LogP contribution in [0.25, 0.3) is 0 Å². The van der Waals surface area contributed by atoms with Crippen molar-refractivity contribution in [1.82, 2.24) is 16.0 Å². The Balaban J connectivity index is 2.83. The molecule has 0 aromatic heterocycles. The predicted molar refractivity (Wildman–Crippen MR) is 177 cm³/mol. The van der Waals surface area contributed by atoms with Crippen molar-refractivity contribution in [2.75, 3.05) is 22.8 Å². The van der Waals surface area contributed by atoms with Crippen molar-refractivity contribution in [2.45, 2.75) is 85.8 Å². The van der Waals surface area contributed by atoms with Gasteiger partial charge in [0.05, 0.1) is 15.9 Å². The molecule has 0 radical (unpaired) electrons. The molecule has 6 N–H and O–H groups in total. The SMILES string of the molecule is CC(C)C(NC(=O)CCCCNC(=O)CI)C(=O)C[C@@H](CCCNC(N)=O)C(=O)Nc1ccc(COC(=O)C(C)(C)C)cc1.